The molecule has 0 aliphatic carbocycles. The summed E-state index contributed by atoms with van der Waals surface area (Å²) in [6.07, 6.45) is -3.42. The summed E-state index contributed by atoms with van der Waals surface area (Å²) in [6, 6.07) is 40.9. The number of phenolic OH excluding ortho intramolecular Hbond substituents is 10. The van der Waals surface area contributed by atoms with Crippen LogP contribution >= 0.6 is 0 Å². The van der Waals surface area contributed by atoms with Crippen LogP contribution in [0.1, 0.15) is 104 Å². The van der Waals surface area contributed by atoms with Crippen molar-refractivity contribution in [2.75, 3.05) is 0 Å². The predicted octanol–water partition coefficient (Wildman–Crippen LogP) is 10.7. The van der Waals surface area contributed by atoms with E-state index in [4.69, 9.17) is 14.2 Å². The van der Waals surface area contributed by atoms with E-state index < -0.39 is 48.1 Å². The van der Waals surface area contributed by atoms with Gasteiger partial charge in [-0.25, -0.2) is 0 Å². The average molecular weight is 925 g/mol. The summed E-state index contributed by atoms with van der Waals surface area (Å²) < 4.78 is 21.0. The molecule has 346 valence electrons. The van der Waals surface area contributed by atoms with Crippen LogP contribution in [0, 0.1) is 0 Å². The van der Waals surface area contributed by atoms with E-state index in [-0.39, 0.29) is 69.0 Å². The third kappa shape index (κ3) is 7.68. The molecular formula is C56H44O13. The SMILES string of the molecule is Oc1ccc([C@H]2O[C@H](c3ccc(O)cc3)[C@@H](c3cc(O)cc4c3[C@@H](c3cc(O)cc(O)c3)[C@H](c3ccc(O)cc3)O4)[C@H]2c2cc(O)cc3c2[C@@H](c2cc(O)cc(O)c2)[C@H](c2ccc(O)cc2)O3)cc1. The molecule has 8 aromatic rings. The minimum absolute atomic E-state index is 0.00695. The summed E-state index contributed by atoms with van der Waals surface area (Å²) in [5.74, 6) is -3.71. The number of benzene rings is 8. The van der Waals surface area contributed by atoms with Crippen LogP contribution in [0.5, 0.6) is 69.0 Å². The Hall–Kier alpha value is -8.68. The van der Waals surface area contributed by atoms with Crippen molar-refractivity contribution in [1.82, 2.24) is 0 Å². The molecule has 11 rings (SSSR count). The summed E-state index contributed by atoms with van der Waals surface area (Å²) in [5, 5.41) is 109. The van der Waals surface area contributed by atoms with Crippen LogP contribution < -0.4 is 9.47 Å². The molecule has 1 saturated heterocycles. The molecule has 3 heterocycles. The van der Waals surface area contributed by atoms with Crippen molar-refractivity contribution >= 4 is 0 Å². The molecule has 3 aliphatic rings. The monoisotopic (exact) mass is 924 g/mol. The van der Waals surface area contributed by atoms with Gasteiger partial charge in [0, 0.05) is 47.2 Å². The van der Waals surface area contributed by atoms with Crippen LogP contribution in [0.2, 0.25) is 0 Å². The highest BCUT2D eigenvalue weighted by molar-refractivity contribution is 5.63. The van der Waals surface area contributed by atoms with Crippen LogP contribution in [0.15, 0.2) is 158 Å². The molecule has 0 unspecified atom stereocenters. The van der Waals surface area contributed by atoms with Crippen LogP contribution in [0.3, 0.4) is 0 Å². The molecule has 0 spiro atoms. The first-order valence-corrected chi connectivity index (χ1v) is 22.2. The fraction of sp³-hybridized carbons (Fsp3) is 0.143. The Morgan fingerprint density at radius 1 is 0.261 bits per heavy atom. The number of hydrogen-bond acceptors (Lipinski definition) is 13. The van der Waals surface area contributed by atoms with Crippen LogP contribution in [0.25, 0.3) is 0 Å². The molecular weight excluding hydrogens is 881 g/mol. The molecule has 0 amide bonds. The lowest BCUT2D eigenvalue weighted by atomic mass is 9.69. The quantitative estimate of drug-likeness (QED) is 0.0685. The van der Waals surface area contributed by atoms with E-state index in [0.29, 0.717) is 55.6 Å². The molecule has 0 bridgehead atoms. The Morgan fingerprint density at radius 3 is 0.841 bits per heavy atom. The number of rotatable bonds is 8. The van der Waals surface area contributed by atoms with Crippen LogP contribution in [-0.4, -0.2) is 51.1 Å². The van der Waals surface area contributed by atoms with Crippen molar-refractivity contribution in [3.63, 3.8) is 0 Å². The molecule has 0 saturated carbocycles. The van der Waals surface area contributed by atoms with Crippen LogP contribution in [-0.2, 0) is 4.74 Å². The summed E-state index contributed by atoms with van der Waals surface area (Å²) >= 11 is 0. The van der Waals surface area contributed by atoms with Gasteiger partial charge in [-0.05, 0) is 129 Å². The number of ether oxygens (including phenoxy) is 3. The molecule has 0 radical (unpaired) electrons. The summed E-state index contributed by atoms with van der Waals surface area (Å²) in [6.45, 7) is 0. The van der Waals surface area contributed by atoms with E-state index in [9.17, 15) is 51.1 Å². The second kappa shape index (κ2) is 16.6. The highest BCUT2D eigenvalue weighted by Gasteiger charge is 2.53. The fourth-order valence-electron chi connectivity index (χ4n) is 10.8. The first-order valence-electron chi connectivity index (χ1n) is 22.2. The standard InChI is InChI=1S/C56H44O13/c57-33-9-1-27(2-10-33)53-47(31-17-37(61)21-38(62)18-31)49-43(23-41(65)25-45(49)67-53)51-52(56(30-7-15-36(60)16-8-30)69-55(51)29-5-13-35(59)14-6-29)44-24-42(66)26-46-50(44)48(32-19-39(63)22-40(64)20-32)54(68-46)28-3-11-34(58)12-4-28/h1-26,47-48,51-66H/t47-,48-,51-,52+,53+,54+,55-,56-/m1/s1. The highest BCUT2D eigenvalue weighted by Crippen LogP contribution is 2.66. The zero-order chi connectivity index (χ0) is 47.8. The third-order valence-corrected chi connectivity index (χ3v) is 13.6. The second-order valence-electron chi connectivity index (χ2n) is 17.9. The first kappa shape index (κ1) is 42.9. The Balaban J connectivity index is 1.21. The third-order valence-electron chi connectivity index (χ3n) is 13.6. The zero-order valence-corrected chi connectivity index (χ0v) is 36.3. The van der Waals surface area contributed by atoms with E-state index in [1.54, 1.807) is 84.9 Å². The second-order valence-corrected chi connectivity index (χ2v) is 17.9. The molecule has 8 atom stereocenters. The lowest BCUT2D eigenvalue weighted by Crippen LogP contribution is -2.19. The van der Waals surface area contributed by atoms with Crippen molar-refractivity contribution < 1.29 is 65.3 Å². The van der Waals surface area contributed by atoms with E-state index in [0.717, 1.165) is 0 Å². The smallest absolute Gasteiger partial charge is 0.135 e. The van der Waals surface area contributed by atoms with Crippen molar-refractivity contribution in [1.29, 1.82) is 0 Å². The lowest BCUT2D eigenvalue weighted by molar-refractivity contribution is 0.0366. The van der Waals surface area contributed by atoms with Crippen molar-refractivity contribution in [3.05, 3.63) is 213 Å². The molecule has 13 nitrogen and oxygen atoms in total. The van der Waals surface area contributed by atoms with Gasteiger partial charge >= 0.3 is 0 Å². The van der Waals surface area contributed by atoms with Gasteiger partial charge in [0.2, 0.25) is 0 Å². The number of aromatic hydroxyl groups is 10. The van der Waals surface area contributed by atoms with Gasteiger partial charge in [-0.2, -0.15) is 0 Å². The van der Waals surface area contributed by atoms with Gasteiger partial charge in [0.1, 0.15) is 81.2 Å². The number of fused-ring (bicyclic) bond motifs is 2. The summed E-state index contributed by atoms with van der Waals surface area (Å²) in [5.41, 5.74) is 5.69. The molecule has 10 N–H and O–H groups in total. The zero-order valence-electron chi connectivity index (χ0n) is 36.3. The van der Waals surface area contributed by atoms with E-state index in [2.05, 4.69) is 0 Å². The number of hydrogen-bond donors (Lipinski definition) is 10. The highest BCUT2D eigenvalue weighted by atomic mass is 16.5. The van der Waals surface area contributed by atoms with E-state index in [1.807, 2.05) is 0 Å². The van der Waals surface area contributed by atoms with Gasteiger partial charge in [0.05, 0.1) is 24.0 Å². The minimum Gasteiger partial charge on any atom is -0.508 e. The Labute approximate surface area is 394 Å². The maximum Gasteiger partial charge on any atom is 0.135 e. The Morgan fingerprint density at radius 2 is 0.536 bits per heavy atom. The predicted molar refractivity (Wildman–Crippen MR) is 251 cm³/mol. The van der Waals surface area contributed by atoms with Crippen LogP contribution in [0.4, 0.5) is 0 Å². The molecule has 3 aliphatic heterocycles. The summed E-state index contributed by atoms with van der Waals surface area (Å²) in [7, 11) is 0. The number of phenols is 10. The molecule has 13 heteroatoms. The topological polar surface area (TPSA) is 230 Å². The molecule has 1 fully saturated rings. The molecule has 8 aromatic carbocycles. The van der Waals surface area contributed by atoms with Gasteiger partial charge in [-0.15, -0.1) is 0 Å². The maximum absolute atomic E-state index is 11.8. The largest absolute Gasteiger partial charge is 0.508 e. The Bertz CT molecular complexity index is 2990. The maximum atomic E-state index is 11.8. The van der Waals surface area contributed by atoms with Gasteiger partial charge in [-0.1, -0.05) is 48.5 Å². The summed E-state index contributed by atoms with van der Waals surface area (Å²) in [4.78, 5) is 0. The molecule has 69 heavy (non-hydrogen) atoms. The van der Waals surface area contributed by atoms with Crippen molar-refractivity contribution in [2.24, 2.45) is 0 Å². The van der Waals surface area contributed by atoms with Gasteiger partial charge in [-0.3, -0.25) is 0 Å². The molecule has 0 aromatic heterocycles. The van der Waals surface area contributed by atoms with Gasteiger partial charge in [0.15, 0.2) is 0 Å². The first-order chi connectivity index (χ1) is 33.3. The normalized spacial score (nSPS) is 22.4. The van der Waals surface area contributed by atoms with Crippen molar-refractivity contribution in [3.8, 4) is 69.0 Å². The average Bonchev–Trinajstić information content (AvgIpc) is 4.01. The van der Waals surface area contributed by atoms with Gasteiger partial charge in [0.25, 0.3) is 0 Å². The lowest BCUT2D eigenvalue weighted by Gasteiger charge is -2.31. The van der Waals surface area contributed by atoms with E-state index in [1.165, 1.54) is 72.8 Å². The van der Waals surface area contributed by atoms with E-state index >= 15 is 0 Å². The fourth-order valence-corrected chi connectivity index (χ4v) is 10.8. The Kier molecular flexibility index (Phi) is 10.3. The van der Waals surface area contributed by atoms with Gasteiger partial charge < -0.3 is 65.3 Å². The minimum atomic E-state index is -0.886. The van der Waals surface area contributed by atoms with Crippen molar-refractivity contribution in [2.45, 2.75) is 48.1 Å².